The molecule has 0 radical (unpaired) electrons. The maximum absolute atomic E-state index is 12.4. The first-order valence-electron chi connectivity index (χ1n) is 6.49. The Bertz CT molecular complexity index is 528. The first kappa shape index (κ1) is 19.2. The van der Waals surface area contributed by atoms with Crippen LogP contribution in [0, 0.1) is 0 Å². The van der Waals surface area contributed by atoms with Crippen molar-refractivity contribution in [2.45, 2.75) is 13.1 Å². The summed E-state index contributed by atoms with van der Waals surface area (Å²) < 4.78 is 37.4. The summed E-state index contributed by atoms with van der Waals surface area (Å²) in [5.74, 6) is -0.360. The summed E-state index contributed by atoms with van der Waals surface area (Å²) in [6.07, 6.45) is -2.79. The molecule has 124 valence electrons. The zero-order valence-corrected chi connectivity index (χ0v) is 14.5. The lowest BCUT2D eigenvalue weighted by atomic mass is 10.2. The number of likely N-dealkylation sites (N-methyl/N-ethyl adjacent to an activating group) is 2. The van der Waals surface area contributed by atoms with Crippen molar-refractivity contribution in [1.82, 2.24) is 14.8 Å². The van der Waals surface area contributed by atoms with E-state index in [1.807, 2.05) is 0 Å². The fraction of sp³-hybridized carbons (Fsp3) is 0.538. The highest BCUT2D eigenvalue weighted by Gasteiger charge is 2.29. The van der Waals surface area contributed by atoms with Gasteiger partial charge in [-0.25, -0.2) is 4.98 Å². The maximum Gasteiger partial charge on any atom is 0.401 e. The second-order valence-corrected chi connectivity index (χ2v) is 6.00. The lowest BCUT2D eigenvalue weighted by Crippen LogP contribution is -2.40. The van der Waals surface area contributed by atoms with Gasteiger partial charge in [0.15, 0.2) is 0 Å². The molecule has 0 spiro atoms. The van der Waals surface area contributed by atoms with E-state index in [1.165, 1.54) is 18.1 Å². The fourth-order valence-electron chi connectivity index (χ4n) is 1.82. The third-order valence-corrected chi connectivity index (χ3v) is 3.64. The third kappa shape index (κ3) is 6.10. The SMILES string of the molecule is CCN(CCN(C)CC(F)(F)F)C(=O)c1cc(Br)cnc1Cl. The molecule has 0 unspecified atom stereocenters. The van der Waals surface area contributed by atoms with E-state index in [0.717, 1.165) is 4.90 Å². The molecule has 0 saturated carbocycles. The normalized spacial score (nSPS) is 11.8. The summed E-state index contributed by atoms with van der Waals surface area (Å²) in [5.41, 5.74) is 0.219. The fourth-order valence-corrected chi connectivity index (χ4v) is 2.34. The molecule has 0 fully saturated rings. The second-order valence-electron chi connectivity index (χ2n) is 4.73. The first-order chi connectivity index (χ1) is 10.1. The third-order valence-electron chi connectivity index (χ3n) is 2.91. The van der Waals surface area contributed by atoms with Crippen LogP contribution in [0.15, 0.2) is 16.7 Å². The molecule has 1 heterocycles. The summed E-state index contributed by atoms with van der Waals surface area (Å²) in [6.45, 7) is 1.38. The highest BCUT2D eigenvalue weighted by Crippen LogP contribution is 2.20. The topological polar surface area (TPSA) is 36.4 Å². The predicted octanol–water partition coefficient (Wildman–Crippen LogP) is 3.45. The molecule has 1 rings (SSSR count). The number of nitrogens with zero attached hydrogens (tertiary/aromatic N) is 3. The van der Waals surface area contributed by atoms with E-state index in [0.29, 0.717) is 11.0 Å². The van der Waals surface area contributed by atoms with Crippen molar-refractivity contribution < 1.29 is 18.0 Å². The van der Waals surface area contributed by atoms with E-state index in [4.69, 9.17) is 11.6 Å². The summed E-state index contributed by atoms with van der Waals surface area (Å²) >= 11 is 9.11. The summed E-state index contributed by atoms with van der Waals surface area (Å²) in [5, 5.41) is 0.0651. The average molecular weight is 403 g/mol. The number of carbonyl (C=O) groups is 1. The molecule has 0 N–H and O–H groups in total. The Morgan fingerprint density at radius 2 is 2.05 bits per heavy atom. The van der Waals surface area contributed by atoms with Crippen molar-refractivity contribution in [3.63, 3.8) is 0 Å². The molecule has 1 aromatic rings. The van der Waals surface area contributed by atoms with E-state index >= 15 is 0 Å². The van der Waals surface area contributed by atoms with Gasteiger partial charge in [0.1, 0.15) is 5.15 Å². The van der Waals surface area contributed by atoms with E-state index < -0.39 is 12.7 Å². The lowest BCUT2D eigenvalue weighted by Gasteiger charge is -2.25. The minimum Gasteiger partial charge on any atom is -0.338 e. The van der Waals surface area contributed by atoms with Crippen molar-refractivity contribution in [3.05, 3.63) is 27.5 Å². The summed E-state index contributed by atoms with van der Waals surface area (Å²) in [7, 11) is 1.36. The van der Waals surface area contributed by atoms with E-state index in [1.54, 1.807) is 13.0 Å². The molecule has 0 aliphatic rings. The number of amides is 1. The Kier molecular flexibility index (Phi) is 7.08. The molecular weight excluding hydrogens is 387 g/mol. The van der Waals surface area contributed by atoms with Gasteiger partial charge >= 0.3 is 6.18 Å². The first-order valence-corrected chi connectivity index (χ1v) is 7.66. The van der Waals surface area contributed by atoms with Gasteiger partial charge in [-0.15, -0.1) is 0 Å². The van der Waals surface area contributed by atoms with Gasteiger partial charge in [-0.2, -0.15) is 13.2 Å². The smallest absolute Gasteiger partial charge is 0.338 e. The molecule has 4 nitrogen and oxygen atoms in total. The van der Waals surface area contributed by atoms with Gasteiger partial charge in [0.05, 0.1) is 12.1 Å². The predicted molar refractivity (Wildman–Crippen MR) is 82.1 cm³/mol. The molecule has 0 aliphatic heterocycles. The second kappa shape index (κ2) is 8.12. The van der Waals surface area contributed by atoms with Crippen molar-refractivity contribution >= 4 is 33.4 Å². The maximum atomic E-state index is 12.4. The Hall–Kier alpha value is -0.860. The van der Waals surface area contributed by atoms with Gasteiger partial charge < -0.3 is 4.90 Å². The van der Waals surface area contributed by atoms with Crippen LogP contribution in [-0.4, -0.2) is 60.1 Å². The number of aromatic nitrogens is 1. The van der Waals surface area contributed by atoms with Gasteiger partial charge in [-0.3, -0.25) is 9.69 Å². The highest BCUT2D eigenvalue weighted by atomic mass is 79.9. The van der Waals surface area contributed by atoms with Crippen LogP contribution in [0.2, 0.25) is 5.15 Å². The molecule has 0 aliphatic carbocycles. The Balaban J connectivity index is 2.71. The number of hydrogen-bond acceptors (Lipinski definition) is 3. The quantitative estimate of drug-likeness (QED) is 0.684. The zero-order chi connectivity index (χ0) is 16.9. The molecule has 0 atom stereocenters. The number of carbonyl (C=O) groups excluding carboxylic acids is 1. The van der Waals surface area contributed by atoms with E-state index in [2.05, 4.69) is 20.9 Å². The molecule has 0 bridgehead atoms. The number of pyridine rings is 1. The van der Waals surface area contributed by atoms with Crippen LogP contribution < -0.4 is 0 Å². The van der Waals surface area contributed by atoms with Crippen LogP contribution in [0.5, 0.6) is 0 Å². The van der Waals surface area contributed by atoms with Crippen molar-refractivity contribution in [2.75, 3.05) is 33.2 Å². The van der Waals surface area contributed by atoms with Crippen LogP contribution >= 0.6 is 27.5 Å². The Morgan fingerprint density at radius 3 is 2.59 bits per heavy atom. The molecular formula is C13H16BrClF3N3O. The van der Waals surface area contributed by atoms with Crippen molar-refractivity contribution in [3.8, 4) is 0 Å². The minimum absolute atomic E-state index is 0.0651. The molecule has 1 aromatic heterocycles. The number of rotatable bonds is 6. The van der Waals surface area contributed by atoms with Gasteiger partial charge in [0.25, 0.3) is 5.91 Å². The average Bonchev–Trinajstić information content (AvgIpc) is 2.40. The van der Waals surface area contributed by atoms with Gasteiger partial charge in [0.2, 0.25) is 0 Å². The van der Waals surface area contributed by atoms with Crippen LogP contribution in [-0.2, 0) is 0 Å². The van der Waals surface area contributed by atoms with Gasteiger partial charge in [-0.05, 0) is 36.0 Å². The minimum atomic E-state index is -4.26. The Labute approximate surface area is 140 Å². The molecule has 22 heavy (non-hydrogen) atoms. The molecule has 9 heteroatoms. The monoisotopic (exact) mass is 401 g/mol. The van der Waals surface area contributed by atoms with Gasteiger partial charge in [0, 0.05) is 30.3 Å². The highest BCUT2D eigenvalue weighted by molar-refractivity contribution is 9.10. The van der Waals surface area contributed by atoms with Crippen LogP contribution in [0.3, 0.4) is 0 Å². The summed E-state index contributed by atoms with van der Waals surface area (Å²) in [6, 6.07) is 1.54. The van der Waals surface area contributed by atoms with Crippen LogP contribution in [0.1, 0.15) is 17.3 Å². The van der Waals surface area contributed by atoms with E-state index in [9.17, 15) is 18.0 Å². The van der Waals surface area contributed by atoms with Crippen molar-refractivity contribution in [2.24, 2.45) is 0 Å². The summed E-state index contributed by atoms with van der Waals surface area (Å²) in [4.78, 5) is 18.8. The zero-order valence-electron chi connectivity index (χ0n) is 12.1. The largest absolute Gasteiger partial charge is 0.401 e. The van der Waals surface area contributed by atoms with Gasteiger partial charge in [-0.1, -0.05) is 11.6 Å². The van der Waals surface area contributed by atoms with Crippen LogP contribution in [0.4, 0.5) is 13.2 Å². The Morgan fingerprint density at radius 1 is 1.41 bits per heavy atom. The number of alkyl halides is 3. The number of halogens is 5. The van der Waals surface area contributed by atoms with Crippen LogP contribution in [0.25, 0.3) is 0 Å². The standard InChI is InChI=1S/C13H16BrClF3N3O/c1-3-21(5-4-20(2)8-13(16,17)18)12(22)10-6-9(14)7-19-11(10)15/h6-7H,3-5,8H2,1-2H3. The van der Waals surface area contributed by atoms with E-state index in [-0.39, 0.29) is 29.7 Å². The number of hydrogen-bond donors (Lipinski definition) is 0. The lowest BCUT2D eigenvalue weighted by molar-refractivity contribution is -0.143. The van der Waals surface area contributed by atoms with Crippen molar-refractivity contribution in [1.29, 1.82) is 0 Å². The molecule has 0 saturated heterocycles. The molecule has 1 amide bonds. The molecule has 0 aromatic carbocycles.